The van der Waals surface area contributed by atoms with E-state index in [9.17, 15) is 4.79 Å². The zero-order chi connectivity index (χ0) is 18.2. The number of methoxy groups -OCH3 is 1. The van der Waals surface area contributed by atoms with Crippen molar-refractivity contribution in [2.24, 2.45) is 0 Å². The summed E-state index contributed by atoms with van der Waals surface area (Å²) in [6, 6.07) is 22.4. The second-order valence-corrected chi connectivity index (χ2v) is 6.19. The lowest BCUT2D eigenvalue weighted by atomic mass is 10.0. The minimum atomic E-state index is 0.0127. The SMILES string of the molecule is COc1ccc2cccc(CCNC(=O)CNCc3ccccc3)c2c1. The molecule has 3 aromatic carbocycles. The molecule has 0 atom stereocenters. The van der Waals surface area contributed by atoms with Crippen LogP contribution in [0.1, 0.15) is 11.1 Å². The third kappa shape index (κ3) is 4.83. The number of fused-ring (bicyclic) bond motifs is 1. The lowest BCUT2D eigenvalue weighted by Gasteiger charge is -2.10. The molecule has 2 N–H and O–H groups in total. The van der Waals surface area contributed by atoms with Crippen molar-refractivity contribution in [2.45, 2.75) is 13.0 Å². The van der Waals surface area contributed by atoms with E-state index < -0.39 is 0 Å². The molecule has 0 aliphatic carbocycles. The summed E-state index contributed by atoms with van der Waals surface area (Å²) in [5.41, 5.74) is 2.38. The van der Waals surface area contributed by atoms with E-state index >= 15 is 0 Å². The Labute approximate surface area is 154 Å². The molecule has 0 radical (unpaired) electrons. The van der Waals surface area contributed by atoms with E-state index in [0.717, 1.165) is 12.2 Å². The Balaban J connectivity index is 1.48. The predicted octanol–water partition coefficient (Wildman–Crippen LogP) is 3.30. The van der Waals surface area contributed by atoms with Crippen LogP contribution in [0.3, 0.4) is 0 Å². The number of hydrogen-bond donors (Lipinski definition) is 2. The average Bonchev–Trinajstić information content (AvgIpc) is 2.68. The van der Waals surface area contributed by atoms with E-state index in [4.69, 9.17) is 4.74 Å². The molecule has 0 unspecified atom stereocenters. The van der Waals surface area contributed by atoms with Crippen LogP contribution >= 0.6 is 0 Å². The van der Waals surface area contributed by atoms with Crippen LogP contribution in [0.5, 0.6) is 5.75 Å². The first-order valence-electron chi connectivity index (χ1n) is 8.83. The molecule has 4 nitrogen and oxygen atoms in total. The topological polar surface area (TPSA) is 50.4 Å². The highest BCUT2D eigenvalue weighted by atomic mass is 16.5. The van der Waals surface area contributed by atoms with Crippen LogP contribution in [0.15, 0.2) is 66.7 Å². The van der Waals surface area contributed by atoms with E-state index in [0.29, 0.717) is 19.6 Å². The van der Waals surface area contributed by atoms with Gasteiger partial charge in [-0.3, -0.25) is 4.79 Å². The third-order valence-corrected chi connectivity index (χ3v) is 4.35. The first kappa shape index (κ1) is 18.0. The van der Waals surface area contributed by atoms with Gasteiger partial charge in [-0.25, -0.2) is 0 Å². The molecule has 0 spiro atoms. The molecule has 0 heterocycles. The maximum Gasteiger partial charge on any atom is 0.233 e. The monoisotopic (exact) mass is 348 g/mol. The smallest absolute Gasteiger partial charge is 0.233 e. The number of amides is 1. The highest BCUT2D eigenvalue weighted by Crippen LogP contribution is 2.24. The summed E-state index contributed by atoms with van der Waals surface area (Å²) in [4.78, 5) is 12.0. The quantitative estimate of drug-likeness (QED) is 0.657. The van der Waals surface area contributed by atoms with Crippen molar-refractivity contribution in [1.82, 2.24) is 10.6 Å². The Morgan fingerprint density at radius 1 is 1.00 bits per heavy atom. The second kappa shape index (κ2) is 9.02. The van der Waals surface area contributed by atoms with Gasteiger partial charge >= 0.3 is 0 Å². The molecule has 26 heavy (non-hydrogen) atoms. The summed E-state index contributed by atoms with van der Waals surface area (Å²) >= 11 is 0. The van der Waals surface area contributed by atoms with Gasteiger partial charge in [-0.05, 0) is 40.5 Å². The molecular formula is C22H24N2O2. The molecule has 0 bridgehead atoms. The number of hydrogen-bond acceptors (Lipinski definition) is 3. The molecule has 0 aliphatic heterocycles. The molecule has 0 fully saturated rings. The zero-order valence-corrected chi connectivity index (χ0v) is 15.0. The largest absolute Gasteiger partial charge is 0.497 e. The predicted molar refractivity (Wildman–Crippen MR) is 105 cm³/mol. The summed E-state index contributed by atoms with van der Waals surface area (Å²) in [5, 5.41) is 8.49. The summed E-state index contributed by atoms with van der Waals surface area (Å²) in [6.45, 7) is 1.62. The first-order valence-corrected chi connectivity index (χ1v) is 8.83. The normalized spacial score (nSPS) is 10.7. The number of benzene rings is 3. The Morgan fingerprint density at radius 3 is 2.65 bits per heavy atom. The molecule has 0 aromatic heterocycles. The van der Waals surface area contributed by atoms with Crippen molar-refractivity contribution >= 4 is 16.7 Å². The third-order valence-electron chi connectivity index (χ3n) is 4.35. The summed E-state index contributed by atoms with van der Waals surface area (Å²) in [6.07, 6.45) is 0.787. The van der Waals surface area contributed by atoms with Gasteiger partial charge in [0.25, 0.3) is 0 Å². The van der Waals surface area contributed by atoms with Crippen molar-refractivity contribution in [3.05, 3.63) is 77.9 Å². The van der Waals surface area contributed by atoms with Crippen molar-refractivity contribution in [3.63, 3.8) is 0 Å². The number of carbonyl (C=O) groups is 1. The van der Waals surface area contributed by atoms with Crippen molar-refractivity contribution in [3.8, 4) is 5.75 Å². The van der Waals surface area contributed by atoms with Gasteiger partial charge in [0.2, 0.25) is 5.91 Å². The number of ether oxygens (including phenoxy) is 1. The van der Waals surface area contributed by atoms with Crippen LogP contribution < -0.4 is 15.4 Å². The minimum Gasteiger partial charge on any atom is -0.497 e. The maximum atomic E-state index is 12.0. The fraction of sp³-hybridized carbons (Fsp3) is 0.227. The first-order chi connectivity index (χ1) is 12.8. The van der Waals surface area contributed by atoms with Crippen molar-refractivity contribution < 1.29 is 9.53 Å². The van der Waals surface area contributed by atoms with Gasteiger partial charge in [-0.1, -0.05) is 54.6 Å². The van der Waals surface area contributed by atoms with Gasteiger partial charge in [-0.2, -0.15) is 0 Å². The standard InChI is InChI=1S/C22H24N2O2/c1-26-20-11-10-18-8-5-9-19(21(18)14-20)12-13-24-22(25)16-23-15-17-6-3-2-4-7-17/h2-11,14,23H,12-13,15-16H2,1H3,(H,24,25). The maximum absolute atomic E-state index is 12.0. The van der Waals surface area contributed by atoms with Gasteiger partial charge in [0.15, 0.2) is 0 Å². The Kier molecular flexibility index (Phi) is 6.23. The summed E-state index contributed by atoms with van der Waals surface area (Å²) < 4.78 is 5.32. The molecule has 1 amide bonds. The Hall–Kier alpha value is -2.85. The Morgan fingerprint density at radius 2 is 1.85 bits per heavy atom. The lowest BCUT2D eigenvalue weighted by Crippen LogP contribution is -2.34. The minimum absolute atomic E-state index is 0.0127. The number of carbonyl (C=O) groups excluding carboxylic acids is 1. The van der Waals surface area contributed by atoms with E-state index in [-0.39, 0.29) is 5.91 Å². The van der Waals surface area contributed by atoms with Crippen LogP contribution in [-0.4, -0.2) is 26.1 Å². The average molecular weight is 348 g/mol. The molecule has 0 saturated heterocycles. The van der Waals surface area contributed by atoms with E-state index in [1.54, 1.807) is 7.11 Å². The second-order valence-electron chi connectivity index (χ2n) is 6.19. The number of nitrogens with one attached hydrogen (secondary N) is 2. The molecule has 3 rings (SSSR count). The van der Waals surface area contributed by atoms with Crippen molar-refractivity contribution in [2.75, 3.05) is 20.2 Å². The molecular weight excluding hydrogens is 324 g/mol. The van der Waals surface area contributed by atoms with Crippen LogP contribution in [-0.2, 0) is 17.8 Å². The molecule has 0 aliphatic rings. The molecule has 3 aromatic rings. The van der Waals surface area contributed by atoms with Gasteiger partial charge in [0.1, 0.15) is 5.75 Å². The van der Waals surface area contributed by atoms with Crippen molar-refractivity contribution in [1.29, 1.82) is 0 Å². The fourth-order valence-corrected chi connectivity index (χ4v) is 2.98. The van der Waals surface area contributed by atoms with Gasteiger partial charge in [0.05, 0.1) is 13.7 Å². The van der Waals surface area contributed by atoms with E-state index in [1.165, 1.54) is 21.9 Å². The van der Waals surface area contributed by atoms with Crippen LogP contribution in [0.25, 0.3) is 10.8 Å². The van der Waals surface area contributed by atoms with Crippen LogP contribution in [0.2, 0.25) is 0 Å². The van der Waals surface area contributed by atoms with E-state index in [2.05, 4.69) is 28.8 Å². The highest BCUT2D eigenvalue weighted by molar-refractivity contribution is 5.87. The molecule has 134 valence electrons. The fourth-order valence-electron chi connectivity index (χ4n) is 2.98. The molecule has 4 heteroatoms. The Bertz CT molecular complexity index is 862. The van der Waals surface area contributed by atoms with Gasteiger partial charge in [-0.15, -0.1) is 0 Å². The zero-order valence-electron chi connectivity index (χ0n) is 15.0. The highest BCUT2D eigenvalue weighted by Gasteiger charge is 2.05. The van der Waals surface area contributed by atoms with Crippen LogP contribution in [0, 0.1) is 0 Å². The van der Waals surface area contributed by atoms with Crippen LogP contribution in [0.4, 0.5) is 0 Å². The lowest BCUT2D eigenvalue weighted by molar-refractivity contribution is -0.120. The van der Waals surface area contributed by atoms with Gasteiger partial charge in [0, 0.05) is 13.1 Å². The number of rotatable bonds is 8. The molecule has 0 saturated carbocycles. The van der Waals surface area contributed by atoms with E-state index in [1.807, 2.05) is 48.5 Å². The summed E-state index contributed by atoms with van der Waals surface area (Å²) in [5.74, 6) is 0.859. The van der Waals surface area contributed by atoms with Gasteiger partial charge < -0.3 is 15.4 Å². The summed E-state index contributed by atoms with van der Waals surface area (Å²) in [7, 11) is 1.67.